The number of Topliss-reactive ketones (excluding diaryl/α,β-unsaturated/α-hetero) is 1. The summed E-state index contributed by atoms with van der Waals surface area (Å²) in [6.45, 7) is 5.17. The van der Waals surface area contributed by atoms with Crippen molar-refractivity contribution in [1.29, 1.82) is 0 Å². The normalized spacial score (nSPS) is 15.6. The topological polar surface area (TPSA) is 20.3 Å². The first-order valence-electron chi connectivity index (χ1n) is 5.39. The number of ketones is 1. The Morgan fingerprint density at radius 3 is 2.94 bits per heavy atom. The van der Waals surface area contributed by atoms with Gasteiger partial charge in [0.2, 0.25) is 0 Å². The van der Waals surface area contributed by atoms with Gasteiger partial charge in [-0.2, -0.15) is 0 Å². The quantitative estimate of drug-likeness (QED) is 0.785. The van der Waals surface area contributed by atoms with E-state index in [0.717, 1.165) is 24.2 Å². The van der Waals surface area contributed by atoms with E-state index in [0.29, 0.717) is 18.0 Å². The Morgan fingerprint density at radius 2 is 2.19 bits per heavy atom. The second-order valence-corrected chi connectivity index (χ2v) is 4.52. The van der Waals surface area contributed by atoms with Crippen LogP contribution in [0.4, 0.5) is 5.69 Å². The average Bonchev–Trinajstić information content (AvgIpc) is 2.40. The fourth-order valence-electron chi connectivity index (χ4n) is 2.04. The minimum atomic E-state index is 0.221. The molecule has 2 nitrogen and oxygen atoms in total. The predicted molar refractivity (Wildman–Crippen MR) is 67.2 cm³/mol. The van der Waals surface area contributed by atoms with Gasteiger partial charge in [-0.3, -0.25) is 4.79 Å². The van der Waals surface area contributed by atoms with Gasteiger partial charge in [0.15, 0.2) is 5.78 Å². The van der Waals surface area contributed by atoms with Crippen LogP contribution in [0.3, 0.4) is 0 Å². The Bertz CT molecular complexity index is 428. The molecule has 0 aromatic heterocycles. The van der Waals surface area contributed by atoms with Crippen LogP contribution >= 0.6 is 11.6 Å². The number of hydrogen-bond acceptors (Lipinski definition) is 2. The molecule has 2 rings (SSSR count). The second kappa shape index (κ2) is 4.71. The third kappa shape index (κ3) is 2.27. The van der Waals surface area contributed by atoms with Crippen LogP contribution in [0.2, 0.25) is 0 Å². The Kier molecular flexibility index (Phi) is 3.30. The lowest BCUT2D eigenvalue weighted by molar-refractivity contribution is 0.0984. The molecular weight excluding hydrogens is 222 g/mol. The predicted octanol–water partition coefficient (Wildman–Crippen LogP) is 3.22. The molecule has 3 heteroatoms. The van der Waals surface area contributed by atoms with Crippen LogP contribution in [0.15, 0.2) is 35.9 Å². The molecule has 1 aliphatic rings. The highest BCUT2D eigenvalue weighted by Crippen LogP contribution is 2.26. The number of carbonyl (C=O) groups excluding carboxylic acids is 1. The van der Waals surface area contributed by atoms with E-state index in [1.54, 1.807) is 0 Å². The molecule has 1 heterocycles. The summed E-state index contributed by atoms with van der Waals surface area (Å²) in [7, 11) is 0. The van der Waals surface area contributed by atoms with E-state index in [4.69, 9.17) is 11.6 Å². The standard InChI is InChI=1S/C13H14ClNO/c1-10(14)9-15-8-4-7-13(16)11-5-2-3-6-12(11)15/h2-3,5-6H,1,4,7-9H2. The molecule has 84 valence electrons. The molecule has 0 N–H and O–H groups in total. The number of fused-ring (bicyclic) bond motifs is 1. The second-order valence-electron chi connectivity index (χ2n) is 3.98. The van der Waals surface area contributed by atoms with Crippen LogP contribution in [-0.2, 0) is 0 Å². The number of nitrogens with zero attached hydrogens (tertiary/aromatic N) is 1. The van der Waals surface area contributed by atoms with E-state index in [1.807, 2.05) is 24.3 Å². The number of benzene rings is 1. The summed E-state index contributed by atoms with van der Waals surface area (Å²) in [4.78, 5) is 14.0. The first-order valence-corrected chi connectivity index (χ1v) is 5.77. The van der Waals surface area contributed by atoms with Gasteiger partial charge in [-0.25, -0.2) is 0 Å². The summed E-state index contributed by atoms with van der Waals surface area (Å²) in [6.07, 6.45) is 1.49. The molecule has 0 aliphatic carbocycles. The molecule has 1 aliphatic heterocycles. The molecule has 0 unspecified atom stereocenters. The zero-order chi connectivity index (χ0) is 11.5. The monoisotopic (exact) mass is 235 g/mol. The highest BCUT2D eigenvalue weighted by atomic mass is 35.5. The molecule has 0 amide bonds. The van der Waals surface area contributed by atoms with Crippen LogP contribution in [-0.4, -0.2) is 18.9 Å². The van der Waals surface area contributed by atoms with Gasteiger partial charge >= 0.3 is 0 Å². The van der Waals surface area contributed by atoms with Gasteiger partial charge in [0.05, 0.1) is 6.54 Å². The molecule has 0 fully saturated rings. The van der Waals surface area contributed by atoms with Gasteiger partial charge in [0.25, 0.3) is 0 Å². The summed E-state index contributed by atoms with van der Waals surface area (Å²) < 4.78 is 0. The number of halogens is 1. The van der Waals surface area contributed by atoms with E-state index >= 15 is 0 Å². The van der Waals surface area contributed by atoms with Crippen molar-refractivity contribution in [2.75, 3.05) is 18.0 Å². The fraction of sp³-hybridized carbons (Fsp3) is 0.308. The van der Waals surface area contributed by atoms with Crippen LogP contribution in [0, 0.1) is 0 Å². The van der Waals surface area contributed by atoms with Crippen molar-refractivity contribution in [3.05, 3.63) is 41.4 Å². The minimum Gasteiger partial charge on any atom is -0.366 e. The Labute approximate surface area is 101 Å². The third-order valence-corrected chi connectivity index (χ3v) is 2.86. The average molecular weight is 236 g/mol. The zero-order valence-electron chi connectivity index (χ0n) is 9.08. The lowest BCUT2D eigenvalue weighted by atomic mass is 10.1. The minimum absolute atomic E-state index is 0.221. The molecule has 16 heavy (non-hydrogen) atoms. The molecule has 0 saturated carbocycles. The highest BCUT2D eigenvalue weighted by Gasteiger charge is 2.20. The van der Waals surface area contributed by atoms with Gasteiger partial charge in [0, 0.05) is 29.2 Å². The summed E-state index contributed by atoms with van der Waals surface area (Å²) in [5.41, 5.74) is 1.78. The van der Waals surface area contributed by atoms with Gasteiger partial charge in [-0.15, -0.1) is 0 Å². The van der Waals surface area contributed by atoms with Crippen molar-refractivity contribution in [1.82, 2.24) is 0 Å². The largest absolute Gasteiger partial charge is 0.366 e. The zero-order valence-corrected chi connectivity index (χ0v) is 9.83. The van der Waals surface area contributed by atoms with Crippen molar-refractivity contribution in [2.45, 2.75) is 12.8 Å². The summed E-state index contributed by atoms with van der Waals surface area (Å²) in [5.74, 6) is 0.221. The van der Waals surface area contributed by atoms with Gasteiger partial charge in [-0.05, 0) is 18.6 Å². The third-order valence-electron chi connectivity index (χ3n) is 2.74. The van der Waals surface area contributed by atoms with Crippen molar-refractivity contribution in [3.8, 4) is 0 Å². The summed E-state index contributed by atoms with van der Waals surface area (Å²) in [6, 6.07) is 7.70. The molecular formula is C13H14ClNO. The van der Waals surface area contributed by atoms with Crippen LogP contribution in [0.25, 0.3) is 0 Å². The number of carbonyl (C=O) groups is 1. The van der Waals surface area contributed by atoms with Crippen LogP contribution in [0.5, 0.6) is 0 Å². The lowest BCUT2D eigenvalue weighted by Gasteiger charge is -2.23. The Hall–Kier alpha value is -1.28. The molecule has 0 atom stereocenters. The first kappa shape index (κ1) is 11.2. The van der Waals surface area contributed by atoms with Crippen molar-refractivity contribution >= 4 is 23.1 Å². The maximum atomic E-state index is 11.9. The van der Waals surface area contributed by atoms with E-state index in [-0.39, 0.29) is 5.78 Å². The van der Waals surface area contributed by atoms with Gasteiger partial charge in [-0.1, -0.05) is 30.3 Å². The Morgan fingerprint density at radius 1 is 1.44 bits per heavy atom. The molecule has 0 spiro atoms. The van der Waals surface area contributed by atoms with Crippen LogP contribution < -0.4 is 4.90 Å². The Balaban J connectivity index is 2.38. The summed E-state index contributed by atoms with van der Waals surface area (Å²) >= 11 is 5.85. The van der Waals surface area contributed by atoms with Crippen LogP contribution in [0.1, 0.15) is 23.2 Å². The maximum Gasteiger partial charge on any atom is 0.165 e. The number of anilines is 1. The summed E-state index contributed by atoms with van der Waals surface area (Å²) in [5, 5.41) is 0.601. The SMILES string of the molecule is C=C(Cl)CN1CCCC(=O)c2ccccc21. The fourth-order valence-corrected chi connectivity index (χ4v) is 2.19. The van der Waals surface area contributed by atoms with E-state index in [1.165, 1.54) is 0 Å². The number of hydrogen-bond donors (Lipinski definition) is 0. The molecule has 0 bridgehead atoms. The van der Waals surface area contributed by atoms with Gasteiger partial charge in [0.1, 0.15) is 0 Å². The smallest absolute Gasteiger partial charge is 0.165 e. The maximum absolute atomic E-state index is 11.9. The van der Waals surface area contributed by atoms with Crippen molar-refractivity contribution in [3.63, 3.8) is 0 Å². The highest BCUT2D eigenvalue weighted by molar-refractivity contribution is 6.29. The number of para-hydroxylation sites is 1. The molecule has 0 radical (unpaired) electrons. The van der Waals surface area contributed by atoms with E-state index in [9.17, 15) is 4.79 Å². The molecule has 1 aromatic carbocycles. The lowest BCUT2D eigenvalue weighted by Crippen LogP contribution is -2.25. The number of rotatable bonds is 2. The first-order chi connectivity index (χ1) is 7.68. The molecule has 1 aromatic rings. The van der Waals surface area contributed by atoms with Gasteiger partial charge < -0.3 is 4.90 Å². The van der Waals surface area contributed by atoms with Crippen molar-refractivity contribution < 1.29 is 4.79 Å². The van der Waals surface area contributed by atoms with Crippen molar-refractivity contribution in [2.24, 2.45) is 0 Å². The molecule has 0 saturated heterocycles. The van der Waals surface area contributed by atoms with E-state index < -0.39 is 0 Å². The van der Waals surface area contributed by atoms with E-state index in [2.05, 4.69) is 11.5 Å².